The molecule has 10 aromatic carbocycles. The molecule has 0 fully saturated rings. The molecular weight excluding hydrogens is 681 g/mol. The van der Waals surface area contributed by atoms with Crippen molar-refractivity contribution in [1.29, 1.82) is 0 Å². The summed E-state index contributed by atoms with van der Waals surface area (Å²) in [4.78, 5) is 0. The summed E-state index contributed by atoms with van der Waals surface area (Å²) in [6, 6.07) is 44.1. The molecule has 0 saturated carbocycles. The second-order valence-corrected chi connectivity index (χ2v) is 14.1. The summed E-state index contributed by atoms with van der Waals surface area (Å²) in [6.45, 7) is 0. The van der Waals surface area contributed by atoms with Crippen LogP contribution in [-0.4, -0.2) is 0 Å². The zero-order valence-corrected chi connectivity index (χ0v) is 29.7. The zero-order chi connectivity index (χ0) is 43.7. The summed E-state index contributed by atoms with van der Waals surface area (Å²) in [5.41, 5.74) is 8.45. The molecule has 260 valence electrons. The molecule has 56 heavy (non-hydrogen) atoms. The molecule has 0 aliphatic heterocycles. The highest BCUT2D eigenvalue weighted by atomic mass is 16.3. The number of fused-ring (bicyclic) bond motifs is 10. The van der Waals surface area contributed by atoms with Gasteiger partial charge in [-0.1, -0.05) is 164 Å². The van der Waals surface area contributed by atoms with E-state index in [2.05, 4.69) is 18.2 Å². The Hall–Kier alpha value is -7.42. The predicted octanol–water partition coefficient (Wildman–Crippen LogP) is 15.6. The van der Waals surface area contributed by atoms with Gasteiger partial charge in [0.15, 0.2) is 0 Å². The van der Waals surface area contributed by atoms with Crippen LogP contribution < -0.4 is 0 Å². The van der Waals surface area contributed by atoms with Gasteiger partial charge in [-0.3, -0.25) is 0 Å². The zero-order valence-electron chi connectivity index (χ0n) is 37.7. The minimum Gasteiger partial charge on any atom is -0.456 e. The molecule has 0 amide bonds. The Morgan fingerprint density at radius 1 is 0.304 bits per heavy atom. The van der Waals surface area contributed by atoms with E-state index in [9.17, 15) is 5.48 Å². The molecule has 0 aliphatic carbocycles. The number of para-hydroxylation sites is 1. The van der Waals surface area contributed by atoms with Gasteiger partial charge in [-0.05, 0) is 107 Å². The molecule has 0 atom stereocenters. The molecule has 0 aliphatic rings. The van der Waals surface area contributed by atoms with E-state index in [0.29, 0.717) is 27.8 Å². The molecular formula is C54H32O2. The van der Waals surface area contributed by atoms with Crippen LogP contribution >= 0.6 is 0 Å². The lowest BCUT2D eigenvalue weighted by atomic mass is 9.83. The fraction of sp³-hybridized carbons (Fsp3) is 0. The van der Waals surface area contributed by atoms with Crippen molar-refractivity contribution in [2.24, 2.45) is 0 Å². The van der Waals surface area contributed by atoms with Crippen molar-refractivity contribution in [1.82, 2.24) is 0 Å². The molecule has 12 aromatic rings. The molecule has 2 heteroatoms. The van der Waals surface area contributed by atoms with E-state index in [4.69, 9.17) is 14.3 Å². The minimum absolute atomic E-state index is 0.172. The van der Waals surface area contributed by atoms with Gasteiger partial charge in [0.2, 0.25) is 0 Å². The molecule has 2 nitrogen and oxygen atoms in total. The molecule has 0 radical (unpaired) electrons. The summed E-state index contributed by atoms with van der Waals surface area (Å²) in [6.07, 6.45) is 0. The molecule has 0 bridgehead atoms. The average Bonchev–Trinajstić information content (AvgIpc) is 3.90. The van der Waals surface area contributed by atoms with Gasteiger partial charge in [-0.2, -0.15) is 0 Å². The van der Waals surface area contributed by atoms with E-state index >= 15 is 0 Å². The Bertz CT molecular complexity index is 3900. The number of benzene rings is 10. The highest BCUT2D eigenvalue weighted by Gasteiger charge is 2.20. The summed E-state index contributed by atoms with van der Waals surface area (Å²) in [5, 5.41) is 6.21. The van der Waals surface area contributed by atoms with Crippen LogP contribution in [0.5, 0.6) is 0 Å². The summed E-state index contributed by atoms with van der Waals surface area (Å²) in [5.74, 6) is 0. The third-order valence-corrected chi connectivity index (χ3v) is 11.1. The average molecular weight is 721 g/mol. The molecule has 0 spiro atoms. The maximum Gasteiger partial charge on any atom is 0.136 e. The van der Waals surface area contributed by atoms with Gasteiger partial charge in [0.1, 0.15) is 22.3 Å². The van der Waals surface area contributed by atoms with E-state index in [1.54, 1.807) is 0 Å². The van der Waals surface area contributed by atoms with Crippen molar-refractivity contribution < 1.29 is 19.8 Å². The van der Waals surface area contributed by atoms with E-state index in [-0.39, 0.29) is 45.7 Å². The van der Waals surface area contributed by atoms with E-state index in [0.717, 1.165) is 71.3 Å². The molecule has 2 aromatic heterocycles. The first-order valence-electron chi connectivity index (χ1n) is 22.5. The van der Waals surface area contributed by atoms with Crippen molar-refractivity contribution in [3.63, 3.8) is 0 Å². The van der Waals surface area contributed by atoms with Gasteiger partial charge >= 0.3 is 0 Å². The Labute approximate surface area is 333 Å². The Morgan fingerprint density at radius 2 is 0.786 bits per heavy atom. The second-order valence-electron chi connectivity index (χ2n) is 14.1. The topological polar surface area (TPSA) is 26.3 Å². The fourth-order valence-electron chi connectivity index (χ4n) is 8.66. The number of furan rings is 2. The van der Waals surface area contributed by atoms with Gasteiger partial charge < -0.3 is 8.83 Å². The van der Waals surface area contributed by atoms with Crippen LogP contribution in [0.4, 0.5) is 0 Å². The lowest BCUT2D eigenvalue weighted by Gasteiger charge is -2.20. The number of hydrogen-bond acceptors (Lipinski definition) is 2. The van der Waals surface area contributed by atoms with E-state index < -0.39 is 24.2 Å². The van der Waals surface area contributed by atoms with Crippen LogP contribution in [0.2, 0.25) is 0 Å². The largest absolute Gasteiger partial charge is 0.456 e. The van der Waals surface area contributed by atoms with Gasteiger partial charge in [-0.25, -0.2) is 0 Å². The fourth-order valence-corrected chi connectivity index (χ4v) is 8.66. The van der Waals surface area contributed by atoms with Gasteiger partial charge in [0.25, 0.3) is 0 Å². The molecule has 0 saturated heterocycles. The van der Waals surface area contributed by atoms with Crippen LogP contribution in [-0.2, 0) is 0 Å². The number of rotatable bonds is 4. The minimum atomic E-state index is -0.440. The predicted molar refractivity (Wildman–Crippen MR) is 235 cm³/mol. The normalized spacial score (nSPS) is 13.9. The SMILES string of the molecule is [2H]c1c([2H])c([2H])c2c(-c3ccc(-c4ccc5c(c4)oc4ccc6oc7ccccc7c6c45)c4ccccc34)c3c([2H])c([2H])c([2H])c([2H])c3c(-c3ccc(-c4ccccc4)cc3)c2c1[2H]. The Morgan fingerprint density at radius 3 is 1.46 bits per heavy atom. The molecule has 0 unspecified atom stereocenters. The van der Waals surface area contributed by atoms with E-state index in [1.807, 2.05) is 127 Å². The quantitative estimate of drug-likeness (QED) is 0.169. The molecule has 12 rings (SSSR count). The molecule has 0 N–H and O–H groups in total. The Balaban J connectivity index is 1.14. The van der Waals surface area contributed by atoms with E-state index in [1.165, 1.54) is 0 Å². The van der Waals surface area contributed by atoms with Gasteiger partial charge in [0, 0.05) is 21.5 Å². The van der Waals surface area contributed by atoms with Crippen molar-refractivity contribution in [2.75, 3.05) is 0 Å². The highest BCUT2D eigenvalue weighted by Crippen LogP contribution is 2.47. The van der Waals surface area contributed by atoms with Crippen LogP contribution in [0.25, 0.3) is 121 Å². The van der Waals surface area contributed by atoms with Crippen molar-refractivity contribution in [2.45, 2.75) is 0 Å². The third-order valence-electron chi connectivity index (χ3n) is 11.1. The first-order chi connectivity index (χ1) is 31.1. The van der Waals surface area contributed by atoms with Crippen molar-refractivity contribution in [3.05, 3.63) is 194 Å². The van der Waals surface area contributed by atoms with Crippen LogP contribution in [0.15, 0.2) is 203 Å². The maximum absolute atomic E-state index is 9.51. The molecule has 2 heterocycles. The summed E-state index contributed by atoms with van der Waals surface area (Å²) >= 11 is 0. The first kappa shape index (κ1) is 24.1. The van der Waals surface area contributed by atoms with Crippen LogP contribution in [0, 0.1) is 0 Å². The lowest BCUT2D eigenvalue weighted by molar-refractivity contribution is 0.663. The van der Waals surface area contributed by atoms with Gasteiger partial charge in [-0.15, -0.1) is 0 Å². The first-order valence-corrected chi connectivity index (χ1v) is 18.5. The Kier molecular flexibility index (Phi) is 5.18. The smallest absolute Gasteiger partial charge is 0.136 e. The maximum atomic E-state index is 9.51. The second kappa shape index (κ2) is 12.0. The van der Waals surface area contributed by atoms with Crippen LogP contribution in [0.1, 0.15) is 11.0 Å². The summed E-state index contributed by atoms with van der Waals surface area (Å²) < 4.78 is 86.3. The number of hydrogen-bond donors (Lipinski definition) is 0. The third kappa shape index (κ3) is 4.57. The standard InChI is InChI=1S/C54H32O2/c1-2-12-33(13-3-1)34-22-24-35(25-23-34)51-40-16-6-8-18-42(40)52(43-19-9-7-17-41(43)51)44-29-28-37(38-14-4-5-15-39(38)44)36-26-27-46-50(32-36)56-49-31-30-48-53(54(46)49)45-20-10-11-21-47(45)55-48/h1-32H/i6D,7D,8D,9D,16D,17D,18D,19D. The van der Waals surface area contributed by atoms with Crippen molar-refractivity contribution >= 4 is 76.2 Å². The monoisotopic (exact) mass is 720 g/mol. The van der Waals surface area contributed by atoms with Crippen LogP contribution in [0.3, 0.4) is 0 Å². The lowest BCUT2D eigenvalue weighted by Crippen LogP contribution is -1.92. The van der Waals surface area contributed by atoms with Gasteiger partial charge in [0.05, 0.1) is 11.0 Å². The summed E-state index contributed by atoms with van der Waals surface area (Å²) in [7, 11) is 0. The highest BCUT2D eigenvalue weighted by molar-refractivity contribution is 6.27. The van der Waals surface area contributed by atoms with Crippen molar-refractivity contribution in [3.8, 4) is 44.5 Å².